The van der Waals surface area contributed by atoms with Gasteiger partial charge >= 0.3 is 0 Å². The zero-order valence-corrected chi connectivity index (χ0v) is 20.6. The van der Waals surface area contributed by atoms with Gasteiger partial charge in [0.05, 0.1) is 11.4 Å². The van der Waals surface area contributed by atoms with Gasteiger partial charge in [-0.25, -0.2) is 0 Å². The number of carbonyl (C=O) groups is 3. The van der Waals surface area contributed by atoms with Crippen LogP contribution in [0.5, 0.6) is 0 Å². The first kappa shape index (κ1) is 25.2. The van der Waals surface area contributed by atoms with Crippen LogP contribution in [-0.2, 0) is 9.59 Å². The number of para-hydroxylation sites is 4. The predicted octanol–water partition coefficient (Wildman–Crippen LogP) is 5.50. The third-order valence-corrected chi connectivity index (χ3v) is 6.05. The molecular formula is C30H28N4O3. The average Bonchev–Trinajstić information content (AvgIpc) is 2.89. The third-order valence-electron chi connectivity index (χ3n) is 6.05. The minimum absolute atomic E-state index is 0.352. The monoisotopic (exact) mass is 492 g/mol. The summed E-state index contributed by atoms with van der Waals surface area (Å²) in [6.07, 6.45) is 0. The third kappa shape index (κ3) is 6.02. The fourth-order valence-electron chi connectivity index (χ4n) is 3.89. The maximum Gasteiger partial charge on any atom is 0.255 e. The summed E-state index contributed by atoms with van der Waals surface area (Å²) in [5.41, 5.74) is 10.7. The fraction of sp³-hybridized carbons (Fsp3) is 0.100. The van der Waals surface area contributed by atoms with Crippen LogP contribution in [0.25, 0.3) is 0 Å². The van der Waals surface area contributed by atoms with Crippen LogP contribution in [0.4, 0.5) is 22.7 Å². The summed E-state index contributed by atoms with van der Waals surface area (Å²) >= 11 is 0. The van der Waals surface area contributed by atoms with Crippen molar-refractivity contribution in [3.8, 4) is 0 Å². The van der Waals surface area contributed by atoms with Crippen molar-refractivity contribution in [1.29, 1.82) is 0 Å². The van der Waals surface area contributed by atoms with Crippen LogP contribution < -0.4 is 21.7 Å². The molecule has 186 valence electrons. The smallest absolute Gasteiger partial charge is 0.255 e. The van der Waals surface area contributed by atoms with Crippen LogP contribution in [-0.4, -0.2) is 17.7 Å². The number of nitrogen functional groups attached to an aromatic ring is 1. The Morgan fingerprint density at radius 1 is 0.595 bits per heavy atom. The standard InChI is InChI=1S/C30H28N4O3/c1-19-9-3-6-12-24(19)32-29(36)27(30(37)33-25-13-7-4-10-20(25)2)21-15-17-22(18-16-21)28(35)34-26-14-8-5-11-23(26)31/h3-18,27H,31H2,1-2H3,(H,32,36)(H,33,37)(H,34,35). The summed E-state index contributed by atoms with van der Waals surface area (Å²) in [5.74, 6) is -2.46. The van der Waals surface area contributed by atoms with Gasteiger partial charge in [0.2, 0.25) is 11.8 Å². The van der Waals surface area contributed by atoms with Crippen molar-refractivity contribution in [3.63, 3.8) is 0 Å². The lowest BCUT2D eigenvalue weighted by atomic mass is 9.95. The predicted molar refractivity (Wildman–Crippen MR) is 148 cm³/mol. The van der Waals surface area contributed by atoms with Gasteiger partial charge in [-0.1, -0.05) is 60.7 Å². The number of nitrogens with one attached hydrogen (secondary N) is 3. The summed E-state index contributed by atoms with van der Waals surface area (Å²) in [6.45, 7) is 3.76. The Kier molecular flexibility index (Phi) is 7.64. The van der Waals surface area contributed by atoms with Gasteiger partial charge in [-0.15, -0.1) is 0 Å². The Hall–Kier alpha value is -4.91. The first-order chi connectivity index (χ1) is 17.8. The van der Waals surface area contributed by atoms with E-state index < -0.39 is 17.7 Å². The number of benzene rings is 4. The molecule has 0 spiro atoms. The molecule has 7 nitrogen and oxygen atoms in total. The lowest BCUT2D eigenvalue weighted by Crippen LogP contribution is -2.32. The number of carbonyl (C=O) groups excluding carboxylic acids is 3. The molecule has 0 saturated carbocycles. The molecule has 3 amide bonds. The van der Waals surface area contributed by atoms with E-state index in [-0.39, 0.29) is 5.91 Å². The number of hydrogen-bond acceptors (Lipinski definition) is 4. The van der Waals surface area contributed by atoms with Gasteiger partial charge in [-0.2, -0.15) is 0 Å². The Morgan fingerprint density at radius 2 is 1.05 bits per heavy atom. The Morgan fingerprint density at radius 3 is 1.54 bits per heavy atom. The minimum atomic E-state index is -1.15. The van der Waals surface area contributed by atoms with Gasteiger partial charge in [0, 0.05) is 16.9 Å². The Balaban J connectivity index is 1.60. The Bertz CT molecular complexity index is 1390. The van der Waals surface area contributed by atoms with Crippen LogP contribution in [0, 0.1) is 13.8 Å². The van der Waals surface area contributed by atoms with E-state index in [0.29, 0.717) is 33.9 Å². The number of anilines is 4. The van der Waals surface area contributed by atoms with E-state index >= 15 is 0 Å². The van der Waals surface area contributed by atoms with Crippen LogP contribution in [0.3, 0.4) is 0 Å². The summed E-state index contributed by atoms with van der Waals surface area (Å²) < 4.78 is 0. The molecule has 4 rings (SSSR count). The molecule has 0 atom stereocenters. The summed E-state index contributed by atoms with van der Waals surface area (Å²) in [6, 6.07) is 28.1. The fourth-order valence-corrected chi connectivity index (χ4v) is 3.89. The first-order valence-corrected chi connectivity index (χ1v) is 11.8. The molecule has 5 N–H and O–H groups in total. The number of amides is 3. The molecule has 0 radical (unpaired) electrons. The van der Waals surface area contributed by atoms with Gasteiger partial charge in [-0.3, -0.25) is 14.4 Å². The molecule has 0 aliphatic carbocycles. The van der Waals surface area contributed by atoms with Crippen LogP contribution in [0.2, 0.25) is 0 Å². The molecule has 4 aromatic carbocycles. The molecule has 7 heteroatoms. The molecule has 0 unspecified atom stereocenters. The van der Waals surface area contributed by atoms with Crippen molar-refractivity contribution >= 4 is 40.5 Å². The highest BCUT2D eigenvalue weighted by atomic mass is 16.2. The summed E-state index contributed by atoms with van der Waals surface area (Å²) in [5, 5.41) is 8.52. The van der Waals surface area contributed by atoms with E-state index in [4.69, 9.17) is 5.73 Å². The molecule has 0 bridgehead atoms. The number of rotatable bonds is 7. The van der Waals surface area contributed by atoms with Crippen molar-refractivity contribution in [2.45, 2.75) is 19.8 Å². The molecule has 0 heterocycles. The maximum absolute atomic E-state index is 13.4. The topological polar surface area (TPSA) is 113 Å². The van der Waals surface area contributed by atoms with Crippen molar-refractivity contribution in [3.05, 3.63) is 119 Å². The highest BCUT2D eigenvalue weighted by Gasteiger charge is 2.29. The van der Waals surface area contributed by atoms with Gasteiger partial charge < -0.3 is 21.7 Å². The lowest BCUT2D eigenvalue weighted by molar-refractivity contribution is -0.126. The second-order valence-corrected chi connectivity index (χ2v) is 8.70. The van der Waals surface area contributed by atoms with E-state index in [1.165, 1.54) is 0 Å². The van der Waals surface area contributed by atoms with Crippen molar-refractivity contribution in [2.24, 2.45) is 0 Å². The molecular weight excluding hydrogens is 464 g/mol. The highest BCUT2D eigenvalue weighted by Crippen LogP contribution is 2.25. The second kappa shape index (κ2) is 11.2. The SMILES string of the molecule is Cc1ccccc1NC(=O)C(C(=O)Nc1ccccc1C)c1ccc(C(=O)Nc2ccccc2N)cc1. The molecule has 0 saturated heterocycles. The number of aryl methyl sites for hydroxylation is 2. The van der Waals surface area contributed by atoms with Gasteiger partial charge in [0.1, 0.15) is 5.92 Å². The van der Waals surface area contributed by atoms with E-state index in [0.717, 1.165) is 11.1 Å². The lowest BCUT2D eigenvalue weighted by Gasteiger charge is -2.19. The van der Waals surface area contributed by atoms with Gasteiger partial charge in [-0.05, 0) is 66.9 Å². The molecule has 0 aromatic heterocycles. The molecule has 37 heavy (non-hydrogen) atoms. The molecule has 4 aromatic rings. The normalized spacial score (nSPS) is 10.6. The van der Waals surface area contributed by atoms with Crippen LogP contribution >= 0.6 is 0 Å². The molecule has 0 fully saturated rings. The number of hydrogen-bond donors (Lipinski definition) is 4. The minimum Gasteiger partial charge on any atom is -0.397 e. The zero-order chi connectivity index (χ0) is 26.4. The zero-order valence-electron chi connectivity index (χ0n) is 20.6. The molecule has 0 aliphatic heterocycles. The van der Waals surface area contributed by atoms with Gasteiger partial charge in [0.25, 0.3) is 5.91 Å². The van der Waals surface area contributed by atoms with Crippen molar-refractivity contribution < 1.29 is 14.4 Å². The van der Waals surface area contributed by atoms with E-state index in [1.807, 2.05) is 50.2 Å². The van der Waals surface area contributed by atoms with Crippen LogP contribution in [0.1, 0.15) is 33.0 Å². The molecule has 0 aliphatic rings. The summed E-state index contributed by atoms with van der Waals surface area (Å²) in [7, 11) is 0. The largest absolute Gasteiger partial charge is 0.397 e. The van der Waals surface area contributed by atoms with Crippen molar-refractivity contribution in [1.82, 2.24) is 0 Å². The quantitative estimate of drug-likeness (QED) is 0.202. The van der Waals surface area contributed by atoms with E-state index in [1.54, 1.807) is 60.7 Å². The Labute approximate surface area is 215 Å². The van der Waals surface area contributed by atoms with Crippen molar-refractivity contribution in [2.75, 3.05) is 21.7 Å². The van der Waals surface area contributed by atoms with E-state index in [2.05, 4.69) is 16.0 Å². The highest BCUT2D eigenvalue weighted by molar-refractivity contribution is 6.15. The number of nitrogens with two attached hydrogens (primary N) is 1. The first-order valence-electron chi connectivity index (χ1n) is 11.8. The second-order valence-electron chi connectivity index (χ2n) is 8.70. The maximum atomic E-state index is 13.4. The average molecular weight is 493 g/mol. The van der Waals surface area contributed by atoms with E-state index in [9.17, 15) is 14.4 Å². The van der Waals surface area contributed by atoms with Gasteiger partial charge in [0.15, 0.2) is 0 Å². The summed E-state index contributed by atoms with van der Waals surface area (Å²) in [4.78, 5) is 39.6. The van der Waals surface area contributed by atoms with Crippen LogP contribution in [0.15, 0.2) is 97.1 Å².